The van der Waals surface area contributed by atoms with Crippen molar-refractivity contribution >= 4 is 11.9 Å². The van der Waals surface area contributed by atoms with Crippen LogP contribution in [-0.2, 0) is 0 Å². The number of phenols is 1. The Kier molecular flexibility index (Phi) is 7.27. The molecule has 0 amide bonds. The molecule has 0 spiro atoms. The predicted octanol–water partition coefficient (Wildman–Crippen LogP) is 5.17. The highest BCUT2D eigenvalue weighted by atomic mass is 16.5. The van der Waals surface area contributed by atoms with E-state index >= 15 is 0 Å². The summed E-state index contributed by atoms with van der Waals surface area (Å²) in [5.41, 5.74) is 2.34. The van der Waals surface area contributed by atoms with E-state index in [2.05, 4.69) is 13.8 Å². The number of carbonyl (C=O) groups excluding carboxylic acids is 1. The Morgan fingerprint density at radius 3 is 2.04 bits per heavy atom. The molecule has 26 heavy (non-hydrogen) atoms. The van der Waals surface area contributed by atoms with E-state index in [-0.39, 0.29) is 11.5 Å². The van der Waals surface area contributed by atoms with Crippen molar-refractivity contribution in [3.8, 4) is 17.2 Å². The molecule has 0 radical (unpaired) electrons. The quantitative estimate of drug-likeness (QED) is 0.498. The van der Waals surface area contributed by atoms with Gasteiger partial charge < -0.3 is 14.6 Å². The summed E-state index contributed by atoms with van der Waals surface area (Å²) in [4.78, 5) is 12.3. The molecule has 1 N–H and O–H groups in total. The first-order valence-corrected chi connectivity index (χ1v) is 8.96. The molecule has 2 rings (SSSR count). The third-order valence-corrected chi connectivity index (χ3v) is 3.84. The van der Waals surface area contributed by atoms with Gasteiger partial charge in [0.2, 0.25) is 0 Å². The first kappa shape index (κ1) is 19.6. The Balaban J connectivity index is 2.25. The van der Waals surface area contributed by atoms with E-state index in [0.717, 1.165) is 35.5 Å². The van der Waals surface area contributed by atoms with Crippen molar-refractivity contribution in [2.75, 3.05) is 13.2 Å². The number of hydrogen-bond acceptors (Lipinski definition) is 4. The number of ether oxygens (including phenoxy) is 2. The number of hydrogen-bond donors (Lipinski definition) is 1. The Morgan fingerprint density at radius 2 is 1.54 bits per heavy atom. The number of ketones is 1. The Labute approximate surface area is 155 Å². The van der Waals surface area contributed by atoms with Crippen molar-refractivity contribution < 1.29 is 19.4 Å². The van der Waals surface area contributed by atoms with E-state index in [1.165, 1.54) is 18.2 Å². The second-order valence-electron chi connectivity index (χ2n) is 6.08. The highest BCUT2D eigenvalue weighted by molar-refractivity contribution is 6.06. The molecule has 0 aliphatic heterocycles. The number of rotatable bonds is 9. The number of allylic oxidation sites excluding steroid dienone is 1. The minimum Gasteiger partial charge on any atom is -0.508 e. The molecular formula is C22H26O4. The fourth-order valence-electron chi connectivity index (χ4n) is 2.40. The van der Waals surface area contributed by atoms with Gasteiger partial charge >= 0.3 is 0 Å². The van der Waals surface area contributed by atoms with Crippen LogP contribution in [0, 0.1) is 6.92 Å². The van der Waals surface area contributed by atoms with Crippen LogP contribution in [0.3, 0.4) is 0 Å². The average Bonchev–Trinajstić information content (AvgIpc) is 2.65. The summed E-state index contributed by atoms with van der Waals surface area (Å²) in [6.07, 6.45) is 5.12. The van der Waals surface area contributed by atoms with Crippen LogP contribution in [0.5, 0.6) is 17.2 Å². The van der Waals surface area contributed by atoms with Gasteiger partial charge in [-0.05, 0) is 67.8 Å². The number of benzene rings is 2. The molecule has 4 nitrogen and oxygen atoms in total. The second kappa shape index (κ2) is 9.66. The Bertz CT molecular complexity index is 731. The molecule has 0 aliphatic carbocycles. The third-order valence-electron chi connectivity index (χ3n) is 3.84. The van der Waals surface area contributed by atoms with Crippen molar-refractivity contribution in [3.05, 3.63) is 59.2 Å². The molecule has 0 aromatic heterocycles. The Morgan fingerprint density at radius 1 is 1.00 bits per heavy atom. The topological polar surface area (TPSA) is 55.8 Å². The number of carbonyl (C=O) groups is 1. The molecule has 0 atom stereocenters. The number of phenolic OH excluding ortho intramolecular Hbond substituents is 1. The van der Waals surface area contributed by atoms with Gasteiger partial charge in [0.15, 0.2) is 5.78 Å². The average molecular weight is 354 g/mol. The molecule has 2 aromatic carbocycles. The van der Waals surface area contributed by atoms with E-state index in [9.17, 15) is 9.90 Å². The van der Waals surface area contributed by atoms with Crippen LogP contribution >= 0.6 is 0 Å². The molecule has 4 heteroatoms. The summed E-state index contributed by atoms with van der Waals surface area (Å²) >= 11 is 0. The highest BCUT2D eigenvalue weighted by Gasteiger charge is 2.09. The maximum Gasteiger partial charge on any atom is 0.185 e. The number of aromatic hydroxyl groups is 1. The van der Waals surface area contributed by atoms with Crippen molar-refractivity contribution in [1.29, 1.82) is 0 Å². The molecule has 0 saturated carbocycles. The lowest BCUT2D eigenvalue weighted by Crippen LogP contribution is -2.02. The van der Waals surface area contributed by atoms with Gasteiger partial charge in [-0.2, -0.15) is 0 Å². The normalized spacial score (nSPS) is 10.9. The van der Waals surface area contributed by atoms with E-state index in [1.54, 1.807) is 18.2 Å². The van der Waals surface area contributed by atoms with Crippen LogP contribution in [0.25, 0.3) is 6.08 Å². The lowest BCUT2D eigenvalue weighted by Gasteiger charge is -2.14. The standard InChI is InChI=1S/C22H26O4/c1-4-12-25-21-14-17(15-22(16(21)3)26-13-5-2)6-11-20(24)18-7-9-19(23)10-8-18/h6-11,14-15,23H,4-5,12-13H2,1-3H3. The van der Waals surface area contributed by atoms with Gasteiger partial charge in [0.05, 0.1) is 13.2 Å². The zero-order chi connectivity index (χ0) is 18.9. The predicted molar refractivity (Wildman–Crippen MR) is 104 cm³/mol. The van der Waals surface area contributed by atoms with E-state index < -0.39 is 0 Å². The molecule has 0 unspecified atom stereocenters. The maximum atomic E-state index is 12.3. The molecule has 0 aliphatic rings. The minimum atomic E-state index is -0.127. The molecule has 0 heterocycles. The van der Waals surface area contributed by atoms with Gasteiger partial charge in [-0.15, -0.1) is 0 Å². The van der Waals surface area contributed by atoms with Crippen LogP contribution in [0.4, 0.5) is 0 Å². The zero-order valence-corrected chi connectivity index (χ0v) is 15.6. The monoisotopic (exact) mass is 354 g/mol. The van der Waals surface area contributed by atoms with Crippen molar-refractivity contribution in [2.45, 2.75) is 33.6 Å². The molecule has 0 saturated heterocycles. The van der Waals surface area contributed by atoms with E-state index in [4.69, 9.17) is 9.47 Å². The first-order chi connectivity index (χ1) is 12.5. The van der Waals surface area contributed by atoms with E-state index in [1.807, 2.05) is 19.1 Å². The van der Waals surface area contributed by atoms with Crippen LogP contribution < -0.4 is 9.47 Å². The van der Waals surface area contributed by atoms with Gasteiger partial charge in [-0.3, -0.25) is 4.79 Å². The van der Waals surface area contributed by atoms with Gasteiger partial charge in [-0.1, -0.05) is 19.9 Å². The third kappa shape index (κ3) is 5.38. The van der Waals surface area contributed by atoms with Crippen LogP contribution in [-0.4, -0.2) is 24.1 Å². The van der Waals surface area contributed by atoms with Gasteiger partial charge in [0.1, 0.15) is 17.2 Å². The largest absolute Gasteiger partial charge is 0.508 e. The van der Waals surface area contributed by atoms with Crippen LogP contribution in [0.2, 0.25) is 0 Å². The summed E-state index contributed by atoms with van der Waals surface area (Å²) < 4.78 is 11.7. The zero-order valence-electron chi connectivity index (χ0n) is 15.6. The Hall–Kier alpha value is -2.75. The van der Waals surface area contributed by atoms with Crippen molar-refractivity contribution in [2.24, 2.45) is 0 Å². The second-order valence-corrected chi connectivity index (χ2v) is 6.08. The smallest absolute Gasteiger partial charge is 0.185 e. The summed E-state index contributed by atoms with van der Waals surface area (Å²) in [5.74, 6) is 1.56. The fraction of sp³-hybridized carbons (Fsp3) is 0.318. The summed E-state index contributed by atoms with van der Waals surface area (Å²) in [6, 6.07) is 10.0. The van der Waals surface area contributed by atoms with Gasteiger partial charge in [-0.25, -0.2) is 0 Å². The maximum absolute atomic E-state index is 12.3. The molecule has 0 fully saturated rings. The van der Waals surface area contributed by atoms with Crippen LogP contribution in [0.1, 0.15) is 48.2 Å². The lowest BCUT2D eigenvalue weighted by atomic mass is 10.1. The highest BCUT2D eigenvalue weighted by Crippen LogP contribution is 2.31. The fourth-order valence-corrected chi connectivity index (χ4v) is 2.40. The first-order valence-electron chi connectivity index (χ1n) is 8.96. The van der Waals surface area contributed by atoms with E-state index in [0.29, 0.717) is 18.8 Å². The molecule has 2 aromatic rings. The summed E-state index contributed by atoms with van der Waals surface area (Å²) in [7, 11) is 0. The minimum absolute atomic E-state index is 0.127. The van der Waals surface area contributed by atoms with Gasteiger partial charge in [0.25, 0.3) is 0 Å². The van der Waals surface area contributed by atoms with Gasteiger partial charge in [0, 0.05) is 11.1 Å². The van der Waals surface area contributed by atoms with Crippen LogP contribution in [0.15, 0.2) is 42.5 Å². The summed E-state index contributed by atoms with van der Waals surface area (Å²) in [6.45, 7) is 7.36. The molecular weight excluding hydrogens is 328 g/mol. The van der Waals surface area contributed by atoms with Crippen molar-refractivity contribution in [1.82, 2.24) is 0 Å². The summed E-state index contributed by atoms with van der Waals surface area (Å²) in [5, 5.41) is 9.32. The lowest BCUT2D eigenvalue weighted by molar-refractivity contribution is 0.104. The molecule has 0 bridgehead atoms. The molecule has 138 valence electrons. The van der Waals surface area contributed by atoms with Crippen molar-refractivity contribution in [3.63, 3.8) is 0 Å². The SMILES string of the molecule is CCCOc1cc(C=CC(=O)c2ccc(O)cc2)cc(OCCC)c1C.